The molecule has 0 spiro atoms. The molecule has 0 aromatic heterocycles. The van der Waals surface area contributed by atoms with Crippen LogP contribution in [0.15, 0.2) is 11.6 Å². The van der Waals surface area contributed by atoms with Gasteiger partial charge < -0.3 is 10.1 Å². The molecule has 0 unspecified atom stereocenters. The van der Waals surface area contributed by atoms with Crippen LogP contribution in [0.3, 0.4) is 0 Å². The maximum atomic E-state index is 12.2. The van der Waals surface area contributed by atoms with E-state index in [1.807, 2.05) is 27.7 Å². The molecule has 1 N–H and O–H groups in total. The summed E-state index contributed by atoms with van der Waals surface area (Å²) >= 11 is 0. The highest BCUT2D eigenvalue weighted by Gasteiger charge is 2.61. The minimum atomic E-state index is -0.895. The summed E-state index contributed by atoms with van der Waals surface area (Å²) in [5, 5.41) is 2.60. The number of esters is 1. The number of amides is 3. The molecule has 0 aromatic carbocycles. The van der Waals surface area contributed by atoms with Gasteiger partial charge in [-0.1, -0.05) is 25.5 Å². The molecular formula is C17H26N2O4. The van der Waals surface area contributed by atoms with Gasteiger partial charge in [0.1, 0.15) is 12.1 Å². The van der Waals surface area contributed by atoms with Crippen molar-refractivity contribution in [1.82, 2.24) is 10.2 Å². The Bertz CT molecular complexity index is 573. The predicted octanol–water partition coefficient (Wildman–Crippen LogP) is 2.10. The van der Waals surface area contributed by atoms with Crippen LogP contribution in [0, 0.1) is 17.3 Å². The molecule has 2 aliphatic rings. The summed E-state index contributed by atoms with van der Waals surface area (Å²) in [6.07, 6.45) is 2.10. The van der Waals surface area contributed by atoms with Crippen LogP contribution in [0.1, 0.15) is 41.5 Å². The topological polar surface area (TPSA) is 75.7 Å². The largest absolute Gasteiger partial charge is 0.464 e. The molecule has 1 saturated heterocycles. The highest BCUT2D eigenvalue weighted by atomic mass is 16.5. The first-order chi connectivity index (χ1) is 10.5. The van der Waals surface area contributed by atoms with Crippen LogP contribution >= 0.6 is 0 Å². The first kappa shape index (κ1) is 17.5. The zero-order valence-electron chi connectivity index (χ0n) is 14.7. The van der Waals surface area contributed by atoms with E-state index in [2.05, 4.69) is 11.4 Å². The standard InChI is InChI=1S/C17H26N2O4/c1-10(2)9-11-12(16(11,3)4)13(20)23-8-7-19-14(21)17(5,6)18-15(19)22/h9,11-12H,7-8H2,1-6H3,(H,18,22)/t11-,12-/m1/s1. The minimum absolute atomic E-state index is 0.0300. The fourth-order valence-electron chi connectivity index (χ4n) is 3.15. The van der Waals surface area contributed by atoms with Crippen molar-refractivity contribution in [2.24, 2.45) is 17.3 Å². The van der Waals surface area contributed by atoms with Crippen LogP contribution in [0.4, 0.5) is 4.79 Å². The number of allylic oxidation sites excluding steroid dienone is 2. The molecule has 1 aliphatic carbocycles. The number of urea groups is 1. The Hall–Kier alpha value is -1.85. The second-order valence-electron chi connectivity index (χ2n) is 7.75. The quantitative estimate of drug-likeness (QED) is 0.478. The molecule has 0 bridgehead atoms. The van der Waals surface area contributed by atoms with Crippen molar-refractivity contribution in [3.8, 4) is 0 Å². The van der Waals surface area contributed by atoms with Crippen LogP contribution in [0.5, 0.6) is 0 Å². The number of rotatable bonds is 5. The molecule has 6 nitrogen and oxygen atoms in total. The van der Waals surface area contributed by atoms with Gasteiger partial charge in [-0.05, 0) is 39.0 Å². The fraction of sp³-hybridized carbons (Fsp3) is 0.706. The SMILES string of the molecule is CC(C)=C[C@@H]1[C@H](C(=O)OCCN2C(=O)NC(C)(C)C2=O)C1(C)C. The van der Waals surface area contributed by atoms with E-state index in [4.69, 9.17) is 4.74 Å². The van der Waals surface area contributed by atoms with Crippen molar-refractivity contribution >= 4 is 17.9 Å². The minimum Gasteiger partial charge on any atom is -0.464 e. The molecular weight excluding hydrogens is 296 g/mol. The number of nitrogens with zero attached hydrogens (tertiary/aromatic N) is 1. The number of hydrogen-bond donors (Lipinski definition) is 1. The van der Waals surface area contributed by atoms with Crippen LogP contribution in [0.2, 0.25) is 0 Å². The second-order valence-corrected chi connectivity index (χ2v) is 7.75. The van der Waals surface area contributed by atoms with Gasteiger partial charge >= 0.3 is 12.0 Å². The molecule has 2 atom stereocenters. The van der Waals surface area contributed by atoms with Crippen molar-refractivity contribution in [3.05, 3.63) is 11.6 Å². The van der Waals surface area contributed by atoms with E-state index >= 15 is 0 Å². The number of ether oxygens (including phenoxy) is 1. The van der Waals surface area contributed by atoms with Crippen molar-refractivity contribution in [3.63, 3.8) is 0 Å². The summed E-state index contributed by atoms with van der Waals surface area (Å²) in [6.45, 7) is 11.5. The number of imide groups is 1. The number of carbonyl (C=O) groups is 3. The molecule has 128 valence electrons. The number of nitrogens with one attached hydrogen (secondary N) is 1. The highest BCUT2D eigenvalue weighted by Crippen LogP contribution is 2.59. The van der Waals surface area contributed by atoms with E-state index in [-0.39, 0.29) is 42.3 Å². The van der Waals surface area contributed by atoms with Gasteiger partial charge in [-0.15, -0.1) is 0 Å². The summed E-state index contributed by atoms with van der Waals surface area (Å²) in [5.41, 5.74) is 0.186. The lowest BCUT2D eigenvalue weighted by atomic mass is 10.1. The molecule has 23 heavy (non-hydrogen) atoms. The molecule has 1 heterocycles. The van der Waals surface area contributed by atoms with Crippen LogP contribution in [0.25, 0.3) is 0 Å². The van der Waals surface area contributed by atoms with Crippen LogP contribution in [-0.2, 0) is 14.3 Å². The van der Waals surface area contributed by atoms with Crippen molar-refractivity contribution < 1.29 is 19.1 Å². The Labute approximate surface area is 137 Å². The zero-order chi connectivity index (χ0) is 17.6. The molecule has 0 radical (unpaired) electrons. The van der Waals surface area contributed by atoms with Gasteiger partial charge in [0.2, 0.25) is 0 Å². The fourth-order valence-corrected chi connectivity index (χ4v) is 3.15. The van der Waals surface area contributed by atoms with Gasteiger partial charge in [0.05, 0.1) is 12.5 Å². The molecule has 6 heteroatoms. The van der Waals surface area contributed by atoms with Gasteiger partial charge in [0.15, 0.2) is 0 Å². The third-order valence-electron chi connectivity index (χ3n) is 4.68. The lowest BCUT2D eigenvalue weighted by Crippen LogP contribution is -2.40. The summed E-state index contributed by atoms with van der Waals surface area (Å²) in [7, 11) is 0. The van der Waals surface area contributed by atoms with Gasteiger partial charge in [0.25, 0.3) is 5.91 Å². The van der Waals surface area contributed by atoms with E-state index in [0.717, 1.165) is 4.90 Å². The highest BCUT2D eigenvalue weighted by molar-refractivity contribution is 6.06. The molecule has 1 saturated carbocycles. The van der Waals surface area contributed by atoms with Crippen molar-refractivity contribution in [2.75, 3.05) is 13.2 Å². The maximum Gasteiger partial charge on any atom is 0.325 e. The Morgan fingerprint density at radius 1 is 1.26 bits per heavy atom. The predicted molar refractivity (Wildman–Crippen MR) is 85.5 cm³/mol. The monoisotopic (exact) mass is 322 g/mol. The average molecular weight is 322 g/mol. The van der Waals surface area contributed by atoms with Gasteiger partial charge in [-0.25, -0.2) is 4.79 Å². The lowest BCUT2D eigenvalue weighted by Gasteiger charge is -2.16. The van der Waals surface area contributed by atoms with E-state index in [9.17, 15) is 14.4 Å². The average Bonchev–Trinajstić information content (AvgIpc) is 2.85. The third kappa shape index (κ3) is 3.26. The summed E-state index contributed by atoms with van der Waals surface area (Å²) < 4.78 is 5.30. The van der Waals surface area contributed by atoms with Crippen molar-refractivity contribution in [2.45, 2.75) is 47.1 Å². The zero-order valence-corrected chi connectivity index (χ0v) is 14.7. The first-order valence-corrected chi connectivity index (χ1v) is 7.94. The molecule has 3 amide bonds. The molecule has 2 fully saturated rings. The van der Waals surface area contributed by atoms with E-state index in [0.29, 0.717) is 0 Å². The first-order valence-electron chi connectivity index (χ1n) is 7.94. The van der Waals surface area contributed by atoms with E-state index < -0.39 is 11.6 Å². The summed E-state index contributed by atoms with van der Waals surface area (Å²) in [4.78, 5) is 37.1. The van der Waals surface area contributed by atoms with Gasteiger partial charge in [-0.2, -0.15) is 0 Å². The smallest absolute Gasteiger partial charge is 0.325 e. The summed E-state index contributed by atoms with van der Waals surface area (Å²) in [5.74, 6) is -0.524. The third-order valence-corrected chi connectivity index (χ3v) is 4.68. The van der Waals surface area contributed by atoms with Crippen LogP contribution in [-0.4, -0.2) is 41.5 Å². The number of carbonyl (C=O) groups excluding carboxylic acids is 3. The molecule has 1 aliphatic heterocycles. The Balaban J connectivity index is 1.86. The lowest BCUT2D eigenvalue weighted by molar-refractivity contribution is -0.147. The maximum absolute atomic E-state index is 12.2. The molecule has 0 aromatic rings. The van der Waals surface area contributed by atoms with E-state index in [1.165, 1.54) is 5.57 Å². The van der Waals surface area contributed by atoms with Gasteiger partial charge in [0, 0.05) is 0 Å². The normalized spacial score (nSPS) is 27.5. The Morgan fingerprint density at radius 3 is 2.35 bits per heavy atom. The van der Waals surface area contributed by atoms with E-state index in [1.54, 1.807) is 13.8 Å². The Kier molecular flexibility index (Phi) is 4.30. The number of hydrogen-bond acceptors (Lipinski definition) is 4. The van der Waals surface area contributed by atoms with Crippen LogP contribution < -0.4 is 5.32 Å². The summed E-state index contributed by atoms with van der Waals surface area (Å²) in [6, 6.07) is -0.440. The molecule has 2 rings (SSSR count). The Morgan fingerprint density at radius 2 is 1.87 bits per heavy atom. The second kappa shape index (κ2) is 5.65. The van der Waals surface area contributed by atoms with Gasteiger partial charge in [-0.3, -0.25) is 14.5 Å². The van der Waals surface area contributed by atoms with Crippen molar-refractivity contribution in [1.29, 1.82) is 0 Å².